The third-order valence-corrected chi connectivity index (χ3v) is 5.21. The van der Waals surface area contributed by atoms with Crippen LogP contribution in [-0.4, -0.2) is 18.4 Å². The fourth-order valence-electron chi connectivity index (χ4n) is 3.61. The molecule has 3 rings (SSSR count). The van der Waals surface area contributed by atoms with Gasteiger partial charge in [0.15, 0.2) is 17.9 Å². The maximum atomic E-state index is 13.9. The zero-order valence-corrected chi connectivity index (χ0v) is 14.5. The molecule has 24 heavy (non-hydrogen) atoms. The Bertz CT molecular complexity index is 615. The smallest absolute Gasteiger partial charge is 0.184 e. The molecule has 1 aromatic rings. The van der Waals surface area contributed by atoms with Crippen molar-refractivity contribution >= 4 is 23.1 Å². The van der Waals surface area contributed by atoms with Gasteiger partial charge in [-0.05, 0) is 49.0 Å². The number of halogens is 2. The molecule has 2 aliphatic rings. The summed E-state index contributed by atoms with van der Waals surface area (Å²) < 4.78 is 39.3. The summed E-state index contributed by atoms with van der Waals surface area (Å²) in [5.41, 5.74) is -0.109. The highest BCUT2D eigenvalue weighted by Gasteiger charge is 2.32. The first-order chi connectivity index (χ1) is 11.6. The van der Waals surface area contributed by atoms with Crippen LogP contribution in [0.3, 0.4) is 0 Å². The highest BCUT2D eigenvalue weighted by atomic mass is 32.1. The molecule has 1 aromatic carbocycles. The minimum absolute atomic E-state index is 0. The van der Waals surface area contributed by atoms with Crippen molar-refractivity contribution in [2.24, 2.45) is 22.7 Å². The summed E-state index contributed by atoms with van der Waals surface area (Å²) in [6, 6.07) is 2.36. The normalized spacial score (nSPS) is 30.6. The molecule has 0 N–H and O–H groups in total. The number of rotatable bonds is 3. The van der Waals surface area contributed by atoms with Gasteiger partial charge in [0.1, 0.15) is 5.69 Å². The number of aliphatic imine (C=N–C) groups is 1. The quantitative estimate of drug-likeness (QED) is 0.535. The van der Waals surface area contributed by atoms with Crippen molar-refractivity contribution in [3.63, 3.8) is 0 Å². The van der Waals surface area contributed by atoms with Crippen molar-refractivity contribution in [2.75, 3.05) is 13.2 Å². The van der Waals surface area contributed by atoms with E-state index in [9.17, 15) is 8.78 Å². The predicted octanol–water partition coefficient (Wildman–Crippen LogP) is 5.43. The number of hydrogen-bond donors (Lipinski definition) is 0. The van der Waals surface area contributed by atoms with Crippen LogP contribution in [0, 0.1) is 29.4 Å². The highest BCUT2D eigenvalue weighted by Crippen LogP contribution is 2.37. The summed E-state index contributed by atoms with van der Waals surface area (Å²) in [4.78, 5) is 3.40. The lowest BCUT2D eigenvalue weighted by molar-refractivity contribution is -0.214. The maximum absolute atomic E-state index is 13.9. The first-order valence-electron chi connectivity index (χ1n) is 8.38. The van der Waals surface area contributed by atoms with Crippen LogP contribution < -0.4 is 0 Å². The molecule has 0 aromatic heterocycles. The van der Waals surface area contributed by atoms with Crippen molar-refractivity contribution < 1.29 is 19.7 Å². The highest BCUT2D eigenvalue weighted by molar-refractivity contribution is 7.78. The van der Waals surface area contributed by atoms with Crippen LogP contribution in [0.25, 0.3) is 0 Å². The Morgan fingerprint density at radius 3 is 2.21 bits per heavy atom. The van der Waals surface area contributed by atoms with Crippen LogP contribution in [0.1, 0.15) is 45.9 Å². The molecule has 0 atom stereocenters. The molecule has 1 saturated heterocycles. The summed E-state index contributed by atoms with van der Waals surface area (Å²) >= 11 is 4.39. The Kier molecular flexibility index (Phi) is 5.72. The maximum Gasteiger partial charge on any atom is 0.184 e. The van der Waals surface area contributed by atoms with E-state index in [1.54, 1.807) is 0 Å². The predicted molar refractivity (Wildman–Crippen MR) is 92.4 cm³/mol. The lowest BCUT2D eigenvalue weighted by Gasteiger charge is -2.37. The van der Waals surface area contributed by atoms with Gasteiger partial charge in [0.2, 0.25) is 0 Å². The van der Waals surface area contributed by atoms with Crippen LogP contribution >= 0.6 is 12.2 Å². The average Bonchev–Trinajstić information content (AvgIpc) is 2.59. The number of thiocarbonyl (C=S) groups is 1. The van der Waals surface area contributed by atoms with Crippen molar-refractivity contribution in [2.45, 2.75) is 38.9 Å². The molecule has 0 bridgehead atoms. The number of ether oxygens (including phenoxy) is 2. The number of hydrogen-bond acceptors (Lipinski definition) is 4. The van der Waals surface area contributed by atoms with Gasteiger partial charge in [-0.2, -0.15) is 4.99 Å². The Morgan fingerprint density at radius 1 is 1.08 bits per heavy atom. The first-order valence-corrected chi connectivity index (χ1v) is 8.79. The van der Waals surface area contributed by atoms with Crippen LogP contribution in [0.15, 0.2) is 17.1 Å². The van der Waals surface area contributed by atoms with E-state index in [2.05, 4.69) is 24.1 Å². The molecule has 6 heteroatoms. The lowest BCUT2D eigenvalue weighted by Crippen LogP contribution is -2.34. The minimum atomic E-state index is -0.794. The molecule has 1 aliphatic carbocycles. The van der Waals surface area contributed by atoms with Gasteiger partial charge < -0.3 is 9.47 Å². The van der Waals surface area contributed by atoms with Crippen molar-refractivity contribution in [1.29, 1.82) is 0 Å². The molecule has 0 radical (unpaired) electrons. The fourth-order valence-corrected chi connectivity index (χ4v) is 3.71. The summed E-state index contributed by atoms with van der Waals surface area (Å²) in [5.74, 6) is 0.201. The van der Waals surface area contributed by atoms with Gasteiger partial charge in [-0.15, -0.1) is 0 Å². The summed E-state index contributed by atoms with van der Waals surface area (Å²) in [5, 5.41) is 1.98. The Morgan fingerprint density at radius 2 is 1.67 bits per heavy atom. The topological polar surface area (TPSA) is 30.8 Å². The number of isothiocyanates is 1. The fraction of sp³-hybridized carbons (Fsp3) is 0.611. The van der Waals surface area contributed by atoms with Crippen molar-refractivity contribution in [3.05, 3.63) is 29.3 Å². The summed E-state index contributed by atoms with van der Waals surface area (Å²) in [6.07, 6.45) is 4.18. The second-order valence-electron chi connectivity index (χ2n) is 6.81. The third kappa shape index (κ3) is 3.89. The second kappa shape index (κ2) is 7.79. The molecule has 132 valence electrons. The van der Waals surface area contributed by atoms with Gasteiger partial charge in [-0.1, -0.05) is 19.8 Å². The van der Waals surface area contributed by atoms with Crippen molar-refractivity contribution in [3.8, 4) is 0 Å². The first kappa shape index (κ1) is 17.6. The second-order valence-corrected chi connectivity index (χ2v) is 7.00. The third-order valence-electron chi connectivity index (χ3n) is 5.12. The summed E-state index contributed by atoms with van der Waals surface area (Å²) in [7, 11) is 0. The van der Waals surface area contributed by atoms with Gasteiger partial charge in [0.05, 0.1) is 18.4 Å². The van der Waals surface area contributed by atoms with Gasteiger partial charge in [-0.3, -0.25) is 0 Å². The average molecular weight is 355 g/mol. The van der Waals surface area contributed by atoms with E-state index in [-0.39, 0.29) is 1.43 Å². The minimum Gasteiger partial charge on any atom is -0.348 e. The van der Waals surface area contributed by atoms with E-state index in [4.69, 9.17) is 9.47 Å². The molecule has 1 aliphatic heterocycles. The van der Waals surface area contributed by atoms with E-state index < -0.39 is 23.6 Å². The van der Waals surface area contributed by atoms with Crippen LogP contribution in [0.2, 0.25) is 0 Å². The molecule has 0 unspecified atom stereocenters. The number of benzene rings is 1. The van der Waals surface area contributed by atoms with Gasteiger partial charge in [-0.25, -0.2) is 8.78 Å². The van der Waals surface area contributed by atoms with Gasteiger partial charge in [0.25, 0.3) is 0 Å². The van der Waals surface area contributed by atoms with Crippen LogP contribution in [0.4, 0.5) is 14.5 Å². The van der Waals surface area contributed by atoms with E-state index >= 15 is 0 Å². The largest absolute Gasteiger partial charge is 0.348 e. The van der Waals surface area contributed by atoms with Crippen LogP contribution in [0.5, 0.6) is 0 Å². The summed E-state index contributed by atoms with van der Waals surface area (Å²) in [6.45, 7) is 3.42. The zero-order valence-electron chi connectivity index (χ0n) is 13.6. The van der Waals surface area contributed by atoms with E-state index in [1.807, 2.05) is 5.16 Å². The molecule has 1 heterocycles. The Hall–Kier alpha value is -1.20. The van der Waals surface area contributed by atoms with E-state index in [0.29, 0.717) is 30.6 Å². The standard InChI is InChI=1S/C18H21F2NO2S.H2/c1-11-2-4-12(5-3-11)14-8-22-18(23-9-14)13-6-15(19)17(21-10-24)16(20)7-13;/h6-7,11-12,14,18H,2-5,8-9H2,1H3;1H. The molecule has 0 spiro atoms. The van der Waals surface area contributed by atoms with E-state index in [1.165, 1.54) is 37.8 Å². The van der Waals surface area contributed by atoms with Gasteiger partial charge >= 0.3 is 0 Å². The molecular weight excluding hydrogens is 332 g/mol. The van der Waals surface area contributed by atoms with Gasteiger partial charge in [0, 0.05) is 12.9 Å². The SMILES string of the molecule is CC1CCC(C2COC(c3cc(F)c(N=C=S)c(F)c3)OC2)CC1.[HH]. The monoisotopic (exact) mass is 355 g/mol. The number of nitrogens with zero attached hydrogens (tertiary/aromatic N) is 1. The molecule has 3 nitrogen and oxygen atoms in total. The molecular formula is C18H23F2NO2S. The van der Waals surface area contributed by atoms with Crippen LogP contribution in [-0.2, 0) is 9.47 Å². The van der Waals surface area contributed by atoms with Crippen molar-refractivity contribution in [1.82, 2.24) is 0 Å². The lowest BCUT2D eigenvalue weighted by atomic mass is 9.76. The van der Waals surface area contributed by atoms with E-state index in [0.717, 1.165) is 5.92 Å². The molecule has 0 amide bonds. The molecule has 1 saturated carbocycles. The Labute approximate surface area is 147 Å². The molecule has 2 fully saturated rings. The zero-order chi connectivity index (χ0) is 17.1. The Balaban J connectivity index is 0.00000225.